The van der Waals surface area contributed by atoms with Gasteiger partial charge in [0.1, 0.15) is 0 Å². The van der Waals surface area contributed by atoms with Crippen molar-refractivity contribution in [1.82, 2.24) is 19.2 Å². The summed E-state index contributed by atoms with van der Waals surface area (Å²) in [6, 6.07) is 10.8. The molecule has 0 saturated carbocycles. The van der Waals surface area contributed by atoms with Crippen LogP contribution in [0.15, 0.2) is 90.9 Å². The molecule has 18 nitrogen and oxygen atoms in total. The lowest BCUT2D eigenvalue weighted by atomic mass is 10.1. The number of carbonyl (C=O) groups is 4. The summed E-state index contributed by atoms with van der Waals surface area (Å²) in [5.74, 6) is -2.90. The lowest BCUT2D eigenvalue weighted by Crippen LogP contribution is -2.33. The zero-order valence-electron chi connectivity index (χ0n) is 36.4. The first-order valence-electron chi connectivity index (χ1n) is 21.4. The van der Waals surface area contributed by atoms with E-state index >= 15 is 0 Å². The van der Waals surface area contributed by atoms with Crippen LogP contribution in [-0.2, 0) is 39.2 Å². The lowest BCUT2D eigenvalue weighted by Gasteiger charge is -2.26. The quantitative estimate of drug-likeness (QED) is 0.0497. The molecule has 64 heavy (non-hydrogen) atoms. The van der Waals surface area contributed by atoms with Gasteiger partial charge in [-0.25, -0.2) is 26.3 Å². The number of azo groups is 2. The second-order valence-electron chi connectivity index (χ2n) is 15.9. The van der Waals surface area contributed by atoms with Crippen molar-refractivity contribution in [3.63, 3.8) is 0 Å². The van der Waals surface area contributed by atoms with Gasteiger partial charge in [-0.15, -0.1) is 0 Å². The number of rotatable bonds is 22. The molecule has 5 rings (SSSR count). The van der Waals surface area contributed by atoms with E-state index in [1.165, 1.54) is 87.4 Å². The molecule has 2 aliphatic rings. The molecular formula is C43H57ClN10O8S2. The Hall–Kier alpha value is -4.83. The van der Waals surface area contributed by atoms with Crippen LogP contribution in [0.1, 0.15) is 70.8 Å². The van der Waals surface area contributed by atoms with E-state index in [9.17, 15) is 36.0 Å². The van der Waals surface area contributed by atoms with E-state index in [2.05, 4.69) is 50.3 Å². The fourth-order valence-electron chi connectivity index (χ4n) is 7.13. The molecule has 3 aromatic carbocycles. The summed E-state index contributed by atoms with van der Waals surface area (Å²) in [6.45, 7) is 10.4. The maximum atomic E-state index is 13.3. The number of ketones is 2. The van der Waals surface area contributed by atoms with Crippen LogP contribution in [0.2, 0.25) is 5.02 Å². The van der Waals surface area contributed by atoms with Gasteiger partial charge in [0.2, 0.25) is 32.1 Å². The van der Waals surface area contributed by atoms with Crippen LogP contribution < -0.4 is 20.1 Å². The Labute approximate surface area is 380 Å². The summed E-state index contributed by atoms with van der Waals surface area (Å²) in [7, 11) is -7.52. The number of likely N-dealkylation sites (tertiary alicyclic amines) is 2. The highest BCUT2D eigenvalue weighted by molar-refractivity contribution is 7.89. The first-order valence-corrected chi connectivity index (χ1v) is 24.8. The largest absolute Gasteiger partial charge is 0.323 e. The van der Waals surface area contributed by atoms with Gasteiger partial charge in [0, 0.05) is 18.8 Å². The number of sulfonamides is 2. The normalized spacial score (nSPS) is 16.4. The molecule has 2 aliphatic heterocycles. The van der Waals surface area contributed by atoms with Gasteiger partial charge in [-0.2, -0.15) is 20.5 Å². The van der Waals surface area contributed by atoms with E-state index in [0.717, 1.165) is 65.0 Å². The number of aryl methyl sites for hydroxylation is 1. The van der Waals surface area contributed by atoms with Crippen LogP contribution in [0.25, 0.3) is 0 Å². The summed E-state index contributed by atoms with van der Waals surface area (Å²) in [5.41, 5.74) is 1.16. The number of nitrogens with one attached hydrogen (secondary N) is 4. The SMILES string of the molecule is CC(=O)C(N=Nc1ccc(S(=O)(=O)NCCCN2CCCCC2)cc1)C(=O)Nc1cc(Cl)c(NC(=O)C(N=Nc2ccc(S(=O)(=O)NCCCN3CCCCC3)cc2)C(C)=O)cc1C. The van der Waals surface area contributed by atoms with Crippen molar-refractivity contribution < 1.29 is 36.0 Å². The molecule has 0 spiro atoms. The van der Waals surface area contributed by atoms with Crippen LogP contribution >= 0.6 is 11.6 Å². The third kappa shape index (κ3) is 15.1. The molecule has 2 unspecified atom stereocenters. The van der Waals surface area contributed by atoms with Crippen LogP contribution in [0.3, 0.4) is 0 Å². The molecule has 4 N–H and O–H groups in total. The molecule has 346 valence electrons. The van der Waals surface area contributed by atoms with Gasteiger partial charge >= 0.3 is 0 Å². The Morgan fingerprint density at radius 3 is 1.39 bits per heavy atom. The zero-order chi connectivity index (χ0) is 46.3. The van der Waals surface area contributed by atoms with E-state index in [1.807, 2.05) is 0 Å². The second kappa shape index (κ2) is 23.9. The Morgan fingerprint density at radius 1 is 0.609 bits per heavy atom. The minimum atomic E-state index is -3.76. The third-order valence-electron chi connectivity index (χ3n) is 10.8. The Morgan fingerprint density at radius 2 is 1.00 bits per heavy atom. The Balaban J connectivity index is 1.13. The molecule has 2 heterocycles. The van der Waals surface area contributed by atoms with Gasteiger partial charge in [0.05, 0.1) is 31.9 Å². The number of halogens is 1. The van der Waals surface area contributed by atoms with E-state index in [1.54, 1.807) is 6.92 Å². The molecule has 2 saturated heterocycles. The van der Waals surface area contributed by atoms with Gasteiger partial charge < -0.3 is 20.4 Å². The first-order chi connectivity index (χ1) is 30.5. The van der Waals surface area contributed by atoms with Gasteiger partial charge in [-0.1, -0.05) is 24.4 Å². The fraction of sp³-hybridized carbons (Fsp3) is 0.488. The number of benzene rings is 3. The smallest absolute Gasteiger partial charge is 0.258 e. The van der Waals surface area contributed by atoms with Gasteiger partial charge in [0.25, 0.3) is 11.8 Å². The molecule has 0 bridgehead atoms. The number of hydrogen-bond acceptors (Lipinski definition) is 14. The maximum Gasteiger partial charge on any atom is 0.258 e. The monoisotopic (exact) mass is 940 g/mol. The molecule has 2 amide bonds. The molecule has 2 atom stereocenters. The van der Waals surface area contributed by atoms with Crippen molar-refractivity contribution >= 4 is 77.8 Å². The topological polar surface area (TPSA) is 241 Å². The van der Waals surface area contributed by atoms with Crippen molar-refractivity contribution in [1.29, 1.82) is 0 Å². The number of Topliss-reactive ketones (excluding diaryl/α,β-unsaturated/α-hetero) is 2. The summed E-state index contributed by atoms with van der Waals surface area (Å²) in [5, 5.41) is 21.0. The maximum absolute atomic E-state index is 13.3. The summed E-state index contributed by atoms with van der Waals surface area (Å²) >= 11 is 6.49. The minimum Gasteiger partial charge on any atom is -0.323 e. The van der Waals surface area contributed by atoms with Crippen molar-refractivity contribution in [3.8, 4) is 0 Å². The van der Waals surface area contributed by atoms with Crippen LogP contribution in [0.4, 0.5) is 22.7 Å². The first kappa shape index (κ1) is 50.2. The number of hydrogen-bond donors (Lipinski definition) is 4. The Kier molecular flexibility index (Phi) is 18.7. The van der Waals surface area contributed by atoms with Crippen LogP contribution in [-0.4, -0.2) is 114 Å². The average Bonchev–Trinajstić information content (AvgIpc) is 3.26. The minimum absolute atomic E-state index is 0.0158. The molecule has 21 heteroatoms. The molecule has 0 aliphatic carbocycles. The third-order valence-corrected chi connectivity index (χ3v) is 14.0. The van der Waals surface area contributed by atoms with E-state index < -0.39 is 55.5 Å². The second-order valence-corrected chi connectivity index (χ2v) is 19.8. The summed E-state index contributed by atoms with van der Waals surface area (Å²) in [4.78, 5) is 56.2. The highest BCUT2D eigenvalue weighted by atomic mass is 35.5. The van der Waals surface area contributed by atoms with Crippen molar-refractivity contribution in [2.24, 2.45) is 20.5 Å². The molecular weight excluding hydrogens is 884 g/mol. The zero-order valence-corrected chi connectivity index (χ0v) is 38.8. The highest BCUT2D eigenvalue weighted by Crippen LogP contribution is 2.30. The van der Waals surface area contributed by atoms with Gasteiger partial charge in [-0.05, 0) is 165 Å². The number of anilines is 2. The number of amides is 2. The van der Waals surface area contributed by atoms with Crippen LogP contribution in [0.5, 0.6) is 0 Å². The van der Waals surface area contributed by atoms with E-state index in [-0.39, 0.29) is 37.6 Å². The number of nitrogens with zero attached hydrogens (tertiary/aromatic N) is 6. The lowest BCUT2D eigenvalue weighted by molar-refractivity contribution is -0.127. The average molecular weight is 942 g/mol. The van der Waals surface area contributed by atoms with Gasteiger partial charge in [0.15, 0.2) is 11.6 Å². The van der Waals surface area contributed by atoms with E-state index in [4.69, 9.17) is 11.6 Å². The van der Waals surface area contributed by atoms with Crippen molar-refractivity contribution in [3.05, 3.63) is 71.2 Å². The van der Waals surface area contributed by atoms with Gasteiger partial charge in [-0.3, -0.25) is 19.2 Å². The standard InChI is InChI=1S/C43H57ClN10O8S2/c1-30-28-39(48-43(58)41(32(3)56)52-50-34-14-18-36(19-15-34)64(61,62)46-21-11-27-54-24-8-5-9-25-54)37(44)29-38(30)47-42(57)40(31(2)55)51-49-33-12-16-35(17-13-33)63(59,60)45-20-10-26-53-22-6-4-7-23-53/h12-19,28-29,40-41,45-46H,4-11,20-27H2,1-3H3,(H,47,57)(H,48,58). The van der Waals surface area contributed by atoms with Crippen molar-refractivity contribution in [2.45, 2.75) is 94.0 Å². The predicted octanol–water partition coefficient (Wildman–Crippen LogP) is 6.32. The molecule has 3 aromatic rings. The molecule has 2 fully saturated rings. The predicted molar refractivity (Wildman–Crippen MR) is 244 cm³/mol. The fourth-order valence-corrected chi connectivity index (χ4v) is 9.49. The van der Waals surface area contributed by atoms with Crippen LogP contribution in [0, 0.1) is 6.92 Å². The Bertz CT molecular complexity index is 2220. The summed E-state index contributed by atoms with van der Waals surface area (Å²) in [6.07, 6.45) is 8.50. The van der Waals surface area contributed by atoms with Crippen molar-refractivity contribution in [2.75, 3.05) is 63.0 Å². The number of piperidine rings is 2. The van der Waals surface area contributed by atoms with E-state index in [0.29, 0.717) is 31.5 Å². The summed E-state index contributed by atoms with van der Waals surface area (Å²) < 4.78 is 56.5. The molecule has 0 radical (unpaired) electrons. The highest BCUT2D eigenvalue weighted by Gasteiger charge is 2.27. The number of carbonyl (C=O) groups excluding carboxylic acids is 4. The molecule has 0 aromatic heterocycles.